The SMILES string of the molecule is CCCSCc1noc([C@@H]2CNC[C@H]2C)n1. The molecule has 2 atom stereocenters. The van der Waals surface area contributed by atoms with Crippen LogP contribution in [0.1, 0.15) is 37.9 Å². The highest BCUT2D eigenvalue weighted by Crippen LogP contribution is 2.26. The van der Waals surface area contributed by atoms with Crippen molar-refractivity contribution in [3.05, 3.63) is 11.7 Å². The number of thioether (sulfide) groups is 1. The standard InChI is InChI=1S/C11H19N3OS/c1-3-4-16-7-10-13-11(15-14-10)9-6-12-5-8(9)2/h8-9,12H,3-7H2,1-2H3/t8-,9-/m1/s1. The second kappa shape index (κ2) is 5.68. The molecular formula is C11H19N3OS. The summed E-state index contributed by atoms with van der Waals surface area (Å²) in [6.45, 7) is 6.42. The van der Waals surface area contributed by atoms with Crippen LogP contribution in [-0.4, -0.2) is 29.0 Å². The minimum atomic E-state index is 0.400. The molecule has 0 radical (unpaired) electrons. The van der Waals surface area contributed by atoms with E-state index in [0.29, 0.717) is 11.8 Å². The summed E-state index contributed by atoms with van der Waals surface area (Å²) in [6.07, 6.45) is 1.19. The molecule has 1 N–H and O–H groups in total. The van der Waals surface area contributed by atoms with Crippen molar-refractivity contribution in [1.29, 1.82) is 0 Å². The normalized spacial score (nSPS) is 25.1. The van der Waals surface area contributed by atoms with E-state index in [4.69, 9.17) is 4.52 Å². The van der Waals surface area contributed by atoms with E-state index in [1.54, 1.807) is 0 Å². The Kier molecular flexibility index (Phi) is 4.23. The number of hydrogen-bond acceptors (Lipinski definition) is 5. The summed E-state index contributed by atoms with van der Waals surface area (Å²) in [5, 5.41) is 7.38. The van der Waals surface area contributed by atoms with E-state index in [2.05, 4.69) is 29.3 Å². The summed E-state index contributed by atoms with van der Waals surface area (Å²) in [5.74, 6) is 4.67. The third kappa shape index (κ3) is 2.77. The van der Waals surface area contributed by atoms with Crippen LogP contribution < -0.4 is 5.32 Å². The van der Waals surface area contributed by atoms with E-state index in [9.17, 15) is 0 Å². The molecule has 1 aliphatic heterocycles. The molecule has 0 saturated carbocycles. The van der Waals surface area contributed by atoms with Crippen LogP contribution in [0.4, 0.5) is 0 Å². The number of hydrogen-bond donors (Lipinski definition) is 1. The molecule has 16 heavy (non-hydrogen) atoms. The van der Waals surface area contributed by atoms with Crippen LogP contribution in [0.15, 0.2) is 4.52 Å². The smallest absolute Gasteiger partial charge is 0.231 e. The van der Waals surface area contributed by atoms with Crippen LogP contribution in [-0.2, 0) is 5.75 Å². The van der Waals surface area contributed by atoms with Gasteiger partial charge in [-0.15, -0.1) is 0 Å². The average molecular weight is 241 g/mol. The van der Waals surface area contributed by atoms with Gasteiger partial charge in [-0.25, -0.2) is 0 Å². The molecular weight excluding hydrogens is 222 g/mol. The van der Waals surface area contributed by atoms with E-state index in [1.807, 2.05) is 11.8 Å². The number of nitrogens with one attached hydrogen (secondary N) is 1. The van der Waals surface area contributed by atoms with Crippen molar-refractivity contribution in [2.24, 2.45) is 5.92 Å². The van der Waals surface area contributed by atoms with Gasteiger partial charge in [-0.05, 0) is 24.6 Å². The molecule has 1 aromatic heterocycles. The fourth-order valence-electron chi connectivity index (χ4n) is 1.93. The lowest BCUT2D eigenvalue weighted by Gasteiger charge is -2.07. The zero-order valence-electron chi connectivity index (χ0n) is 9.90. The molecule has 1 saturated heterocycles. The fourth-order valence-corrected chi connectivity index (χ4v) is 2.66. The maximum Gasteiger partial charge on any atom is 0.231 e. The van der Waals surface area contributed by atoms with Crippen molar-refractivity contribution < 1.29 is 4.52 Å². The molecule has 0 spiro atoms. The summed E-state index contributed by atoms with van der Waals surface area (Å²) < 4.78 is 5.34. The van der Waals surface area contributed by atoms with Gasteiger partial charge in [0, 0.05) is 6.54 Å². The van der Waals surface area contributed by atoms with Gasteiger partial charge in [-0.2, -0.15) is 16.7 Å². The zero-order chi connectivity index (χ0) is 11.4. The van der Waals surface area contributed by atoms with Crippen molar-refractivity contribution >= 4 is 11.8 Å². The molecule has 1 aliphatic rings. The second-order valence-corrected chi connectivity index (χ2v) is 5.45. The molecule has 0 amide bonds. The third-order valence-electron chi connectivity index (χ3n) is 2.90. The van der Waals surface area contributed by atoms with Crippen LogP contribution >= 0.6 is 11.8 Å². The lowest BCUT2D eigenvalue weighted by Crippen LogP contribution is -2.08. The quantitative estimate of drug-likeness (QED) is 0.799. The van der Waals surface area contributed by atoms with E-state index >= 15 is 0 Å². The largest absolute Gasteiger partial charge is 0.339 e. The van der Waals surface area contributed by atoms with Crippen LogP contribution in [0.5, 0.6) is 0 Å². The Morgan fingerprint density at radius 2 is 2.38 bits per heavy atom. The van der Waals surface area contributed by atoms with Crippen LogP contribution in [0.3, 0.4) is 0 Å². The van der Waals surface area contributed by atoms with Crippen LogP contribution in [0, 0.1) is 5.92 Å². The molecule has 2 rings (SSSR count). The first-order valence-corrected chi connectivity index (χ1v) is 7.07. The Morgan fingerprint density at radius 3 is 3.06 bits per heavy atom. The van der Waals surface area contributed by atoms with Crippen molar-refractivity contribution in [3.63, 3.8) is 0 Å². The van der Waals surface area contributed by atoms with Crippen molar-refractivity contribution in [1.82, 2.24) is 15.5 Å². The van der Waals surface area contributed by atoms with Gasteiger partial charge >= 0.3 is 0 Å². The maximum absolute atomic E-state index is 5.34. The van der Waals surface area contributed by atoms with Gasteiger partial charge in [0.25, 0.3) is 0 Å². The van der Waals surface area contributed by atoms with Crippen LogP contribution in [0.25, 0.3) is 0 Å². The number of rotatable bonds is 5. The first-order valence-electron chi connectivity index (χ1n) is 5.92. The first kappa shape index (κ1) is 11.9. The summed E-state index contributed by atoms with van der Waals surface area (Å²) in [5.41, 5.74) is 0. The molecule has 1 fully saturated rings. The highest BCUT2D eigenvalue weighted by Gasteiger charge is 2.29. The van der Waals surface area contributed by atoms with E-state index in [-0.39, 0.29) is 0 Å². The zero-order valence-corrected chi connectivity index (χ0v) is 10.7. The molecule has 0 unspecified atom stereocenters. The summed E-state index contributed by atoms with van der Waals surface area (Å²) in [6, 6.07) is 0. The Balaban J connectivity index is 1.91. The minimum Gasteiger partial charge on any atom is -0.339 e. The Labute approximate surface area is 101 Å². The Bertz CT molecular complexity index is 329. The van der Waals surface area contributed by atoms with Gasteiger partial charge in [0.15, 0.2) is 5.82 Å². The van der Waals surface area contributed by atoms with Gasteiger partial charge in [-0.3, -0.25) is 0 Å². The second-order valence-electron chi connectivity index (χ2n) is 4.34. The molecule has 1 aromatic rings. The predicted octanol–water partition coefficient (Wildman–Crippen LogP) is 2.04. The van der Waals surface area contributed by atoms with Crippen LogP contribution in [0.2, 0.25) is 0 Å². The maximum atomic E-state index is 5.34. The summed E-state index contributed by atoms with van der Waals surface area (Å²) in [4.78, 5) is 4.48. The van der Waals surface area contributed by atoms with Gasteiger partial charge in [-0.1, -0.05) is 19.0 Å². The summed E-state index contributed by atoms with van der Waals surface area (Å²) >= 11 is 1.86. The highest BCUT2D eigenvalue weighted by molar-refractivity contribution is 7.98. The molecule has 90 valence electrons. The highest BCUT2D eigenvalue weighted by atomic mass is 32.2. The molecule has 5 heteroatoms. The van der Waals surface area contributed by atoms with Gasteiger partial charge in [0.05, 0.1) is 11.7 Å². The monoisotopic (exact) mass is 241 g/mol. The number of aromatic nitrogens is 2. The molecule has 2 heterocycles. The average Bonchev–Trinajstić information content (AvgIpc) is 2.87. The van der Waals surface area contributed by atoms with Gasteiger partial charge in [0.1, 0.15) is 0 Å². The topological polar surface area (TPSA) is 51.0 Å². The van der Waals surface area contributed by atoms with E-state index < -0.39 is 0 Å². The summed E-state index contributed by atoms with van der Waals surface area (Å²) in [7, 11) is 0. The Morgan fingerprint density at radius 1 is 1.50 bits per heavy atom. The third-order valence-corrected chi connectivity index (χ3v) is 4.06. The molecule has 0 bridgehead atoms. The molecule has 0 aromatic carbocycles. The van der Waals surface area contributed by atoms with Crippen molar-refractivity contribution in [3.8, 4) is 0 Å². The van der Waals surface area contributed by atoms with E-state index in [1.165, 1.54) is 6.42 Å². The lowest BCUT2D eigenvalue weighted by molar-refractivity contribution is 0.337. The van der Waals surface area contributed by atoms with Gasteiger partial charge < -0.3 is 9.84 Å². The predicted molar refractivity (Wildman–Crippen MR) is 65.5 cm³/mol. The minimum absolute atomic E-state index is 0.400. The Hall–Kier alpha value is -0.550. The molecule has 4 nitrogen and oxygen atoms in total. The van der Waals surface area contributed by atoms with Gasteiger partial charge in [0.2, 0.25) is 5.89 Å². The van der Waals surface area contributed by atoms with E-state index in [0.717, 1.165) is 36.3 Å². The van der Waals surface area contributed by atoms with Crippen molar-refractivity contribution in [2.45, 2.75) is 31.9 Å². The number of nitrogens with zero attached hydrogens (tertiary/aromatic N) is 2. The van der Waals surface area contributed by atoms with Crippen molar-refractivity contribution in [2.75, 3.05) is 18.8 Å². The first-order chi connectivity index (χ1) is 7.81. The lowest BCUT2D eigenvalue weighted by atomic mass is 9.98. The molecule has 0 aliphatic carbocycles. The fraction of sp³-hybridized carbons (Fsp3) is 0.818.